The summed E-state index contributed by atoms with van der Waals surface area (Å²) in [5.74, 6) is -1.01. The lowest BCUT2D eigenvalue weighted by Gasteiger charge is -2.25. The molecule has 110 valence electrons. The van der Waals surface area contributed by atoms with Crippen LogP contribution in [-0.2, 0) is 4.79 Å². The lowest BCUT2D eigenvalue weighted by atomic mass is 10.1. The molecule has 20 heavy (non-hydrogen) atoms. The van der Waals surface area contributed by atoms with Gasteiger partial charge in [-0.3, -0.25) is 4.79 Å². The van der Waals surface area contributed by atoms with Crippen molar-refractivity contribution in [3.8, 4) is 0 Å². The van der Waals surface area contributed by atoms with Gasteiger partial charge in [0.05, 0.1) is 23.5 Å². The Kier molecular flexibility index (Phi) is 5.37. The van der Waals surface area contributed by atoms with Gasteiger partial charge in [0.1, 0.15) is 0 Å². The molecule has 0 aliphatic carbocycles. The van der Waals surface area contributed by atoms with E-state index in [4.69, 9.17) is 10.8 Å². The Labute approximate surface area is 118 Å². The van der Waals surface area contributed by atoms with Crippen LogP contribution in [0.5, 0.6) is 0 Å². The molecule has 1 aromatic carbocycles. The number of likely N-dealkylation sites (N-methyl/N-ethyl adjacent to an activating group) is 2. The number of carboxylic acids is 1. The molecule has 0 aromatic heterocycles. The maximum atomic E-state index is 12.0. The average molecular weight is 279 g/mol. The number of amides is 1. The second-order valence-corrected chi connectivity index (χ2v) is 4.50. The summed E-state index contributed by atoms with van der Waals surface area (Å²) >= 11 is 0. The van der Waals surface area contributed by atoms with Crippen LogP contribution < -0.4 is 10.6 Å². The molecule has 0 aliphatic rings. The number of hydrogen-bond acceptors (Lipinski definition) is 4. The van der Waals surface area contributed by atoms with E-state index in [1.807, 2.05) is 13.8 Å². The largest absolute Gasteiger partial charge is 0.478 e. The van der Waals surface area contributed by atoms with E-state index in [2.05, 4.69) is 0 Å². The number of nitrogen functional groups attached to an aromatic ring is 1. The standard InChI is InChI=1S/C14H21N3O3/c1-4-17(5-2)13(18)9-16(3)12-7-6-10(14(19)20)8-11(12)15/h6-8H,4-5,9,15H2,1-3H3,(H,19,20). The van der Waals surface area contributed by atoms with Crippen molar-refractivity contribution in [2.75, 3.05) is 37.3 Å². The van der Waals surface area contributed by atoms with Crippen LogP contribution in [0.3, 0.4) is 0 Å². The molecule has 0 fully saturated rings. The maximum absolute atomic E-state index is 12.0. The highest BCUT2D eigenvalue weighted by Crippen LogP contribution is 2.23. The van der Waals surface area contributed by atoms with Crippen LogP contribution in [0.4, 0.5) is 11.4 Å². The van der Waals surface area contributed by atoms with Crippen molar-refractivity contribution in [3.63, 3.8) is 0 Å². The Morgan fingerprint density at radius 1 is 1.25 bits per heavy atom. The minimum atomic E-state index is -1.02. The molecule has 0 bridgehead atoms. The number of hydrogen-bond donors (Lipinski definition) is 2. The molecule has 0 unspecified atom stereocenters. The zero-order valence-corrected chi connectivity index (χ0v) is 12.1. The lowest BCUT2D eigenvalue weighted by Crippen LogP contribution is -2.39. The Bertz CT molecular complexity index is 498. The van der Waals surface area contributed by atoms with Gasteiger partial charge >= 0.3 is 5.97 Å². The van der Waals surface area contributed by atoms with E-state index in [1.54, 1.807) is 22.9 Å². The summed E-state index contributed by atoms with van der Waals surface area (Å²) in [7, 11) is 1.76. The average Bonchev–Trinajstić information content (AvgIpc) is 2.39. The normalized spacial score (nSPS) is 10.2. The third-order valence-electron chi connectivity index (χ3n) is 3.17. The molecule has 6 heteroatoms. The molecular formula is C14H21N3O3. The first kappa shape index (κ1) is 15.8. The topological polar surface area (TPSA) is 86.9 Å². The van der Waals surface area contributed by atoms with E-state index < -0.39 is 5.97 Å². The third-order valence-corrected chi connectivity index (χ3v) is 3.17. The van der Waals surface area contributed by atoms with Crippen LogP contribution in [0.25, 0.3) is 0 Å². The first-order valence-electron chi connectivity index (χ1n) is 6.52. The molecule has 0 heterocycles. The minimum absolute atomic E-state index is 0.0132. The maximum Gasteiger partial charge on any atom is 0.335 e. The van der Waals surface area contributed by atoms with E-state index in [1.165, 1.54) is 12.1 Å². The van der Waals surface area contributed by atoms with Gasteiger partial charge in [-0.2, -0.15) is 0 Å². The summed E-state index contributed by atoms with van der Waals surface area (Å²) in [6.07, 6.45) is 0. The molecule has 6 nitrogen and oxygen atoms in total. The zero-order valence-electron chi connectivity index (χ0n) is 12.1. The van der Waals surface area contributed by atoms with Gasteiger partial charge in [-0.1, -0.05) is 0 Å². The van der Waals surface area contributed by atoms with Crippen molar-refractivity contribution < 1.29 is 14.7 Å². The van der Waals surface area contributed by atoms with Gasteiger partial charge in [0.15, 0.2) is 0 Å². The highest BCUT2D eigenvalue weighted by Gasteiger charge is 2.15. The number of carboxylic acid groups (broad SMARTS) is 1. The second-order valence-electron chi connectivity index (χ2n) is 4.50. The number of anilines is 2. The SMILES string of the molecule is CCN(CC)C(=O)CN(C)c1ccc(C(=O)O)cc1N. The van der Waals surface area contributed by atoms with Crippen LogP contribution in [0.2, 0.25) is 0 Å². The summed E-state index contributed by atoms with van der Waals surface area (Å²) in [5.41, 5.74) is 6.98. The molecule has 0 radical (unpaired) electrons. The van der Waals surface area contributed by atoms with E-state index in [-0.39, 0.29) is 18.0 Å². The van der Waals surface area contributed by atoms with E-state index in [9.17, 15) is 9.59 Å². The first-order chi connectivity index (χ1) is 9.40. The fourth-order valence-corrected chi connectivity index (χ4v) is 2.00. The molecule has 0 saturated heterocycles. The van der Waals surface area contributed by atoms with Crippen molar-refractivity contribution in [3.05, 3.63) is 23.8 Å². The Morgan fingerprint density at radius 2 is 1.85 bits per heavy atom. The highest BCUT2D eigenvalue weighted by molar-refractivity contribution is 5.91. The monoisotopic (exact) mass is 279 g/mol. The summed E-state index contributed by atoms with van der Waals surface area (Å²) in [6, 6.07) is 4.50. The molecule has 0 atom stereocenters. The van der Waals surface area contributed by atoms with Gasteiger partial charge in [0.25, 0.3) is 0 Å². The predicted molar refractivity (Wildman–Crippen MR) is 79.0 cm³/mol. The van der Waals surface area contributed by atoms with Crippen LogP contribution in [0, 0.1) is 0 Å². The first-order valence-corrected chi connectivity index (χ1v) is 6.52. The van der Waals surface area contributed by atoms with Crippen LogP contribution >= 0.6 is 0 Å². The summed E-state index contributed by atoms with van der Waals surface area (Å²) in [4.78, 5) is 26.3. The zero-order chi connectivity index (χ0) is 15.3. The predicted octanol–water partition coefficient (Wildman–Crippen LogP) is 1.27. The number of nitrogens with two attached hydrogens (primary N) is 1. The molecular weight excluding hydrogens is 258 g/mol. The third kappa shape index (κ3) is 3.63. The Hall–Kier alpha value is -2.24. The molecule has 0 saturated carbocycles. The Balaban J connectivity index is 2.85. The number of rotatable bonds is 6. The van der Waals surface area contributed by atoms with Gasteiger partial charge in [0, 0.05) is 20.1 Å². The van der Waals surface area contributed by atoms with E-state index in [0.29, 0.717) is 24.5 Å². The highest BCUT2D eigenvalue weighted by atomic mass is 16.4. The summed E-state index contributed by atoms with van der Waals surface area (Å²) in [5, 5.41) is 8.89. The molecule has 1 rings (SSSR count). The fraction of sp³-hybridized carbons (Fsp3) is 0.429. The van der Waals surface area contributed by atoms with Crippen LogP contribution in [-0.4, -0.2) is 48.6 Å². The van der Waals surface area contributed by atoms with Gasteiger partial charge in [-0.25, -0.2) is 4.79 Å². The minimum Gasteiger partial charge on any atom is -0.478 e. The number of aromatic carboxylic acids is 1. The summed E-state index contributed by atoms with van der Waals surface area (Å²) in [6.45, 7) is 5.39. The van der Waals surface area contributed by atoms with E-state index in [0.717, 1.165) is 0 Å². The number of nitrogens with zero attached hydrogens (tertiary/aromatic N) is 2. The molecule has 0 aliphatic heterocycles. The van der Waals surface area contributed by atoms with Crippen LogP contribution in [0.1, 0.15) is 24.2 Å². The van der Waals surface area contributed by atoms with Crippen LogP contribution in [0.15, 0.2) is 18.2 Å². The quantitative estimate of drug-likeness (QED) is 0.766. The number of carbonyl (C=O) groups is 2. The van der Waals surface area contributed by atoms with Gasteiger partial charge in [-0.05, 0) is 32.0 Å². The molecule has 1 amide bonds. The van der Waals surface area contributed by atoms with Crippen molar-refractivity contribution in [2.24, 2.45) is 0 Å². The van der Waals surface area contributed by atoms with Crippen molar-refractivity contribution in [2.45, 2.75) is 13.8 Å². The van der Waals surface area contributed by atoms with Crippen molar-refractivity contribution in [1.82, 2.24) is 4.90 Å². The number of benzene rings is 1. The van der Waals surface area contributed by atoms with Gasteiger partial charge in [0.2, 0.25) is 5.91 Å². The van der Waals surface area contributed by atoms with Crippen molar-refractivity contribution in [1.29, 1.82) is 0 Å². The molecule has 1 aromatic rings. The fourth-order valence-electron chi connectivity index (χ4n) is 2.00. The Morgan fingerprint density at radius 3 is 2.30 bits per heavy atom. The van der Waals surface area contributed by atoms with Gasteiger partial charge < -0.3 is 20.6 Å². The number of carbonyl (C=O) groups excluding carboxylic acids is 1. The van der Waals surface area contributed by atoms with E-state index >= 15 is 0 Å². The second kappa shape index (κ2) is 6.79. The molecule has 0 spiro atoms. The van der Waals surface area contributed by atoms with Gasteiger partial charge in [-0.15, -0.1) is 0 Å². The lowest BCUT2D eigenvalue weighted by molar-refractivity contribution is -0.129. The van der Waals surface area contributed by atoms with Crippen molar-refractivity contribution >= 4 is 23.3 Å². The molecule has 3 N–H and O–H groups in total. The smallest absolute Gasteiger partial charge is 0.335 e. The summed E-state index contributed by atoms with van der Waals surface area (Å²) < 4.78 is 0.